The molecule has 0 amide bonds. The Morgan fingerprint density at radius 2 is 2.45 bits per heavy atom. The van der Waals surface area contributed by atoms with Crippen molar-refractivity contribution in [3.63, 3.8) is 0 Å². The van der Waals surface area contributed by atoms with E-state index >= 15 is 0 Å². The van der Waals surface area contributed by atoms with E-state index in [2.05, 4.69) is 15.6 Å². The Balaban J connectivity index is 2.57. The van der Waals surface area contributed by atoms with Crippen LogP contribution in [0.4, 0.5) is 8.78 Å². The van der Waals surface area contributed by atoms with Gasteiger partial charge in [-0.25, -0.2) is 4.99 Å². The third-order valence-corrected chi connectivity index (χ3v) is 1.14. The lowest BCUT2D eigenvalue weighted by molar-refractivity contribution is -0.0957. The number of halogens is 2. The summed E-state index contributed by atoms with van der Waals surface area (Å²) in [5.41, 5.74) is 0.888. The molecule has 0 saturated carbocycles. The average molecular weight is 159 g/mol. The highest BCUT2D eigenvalue weighted by atomic mass is 19.3. The largest absolute Gasteiger partial charge is 0.429 e. The number of alkyl halides is 2. The lowest BCUT2D eigenvalue weighted by atomic mass is 10.2. The molecule has 0 N–H and O–H groups in total. The van der Waals surface area contributed by atoms with Gasteiger partial charge in [-0.15, -0.1) is 0 Å². The van der Waals surface area contributed by atoms with E-state index in [-0.39, 0.29) is 5.76 Å². The predicted octanol–water partition coefficient (Wildman–Crippen LogP) is 2.09. The Morgan fingerprint density at radius 3 is 3.00 bits per heavy atom. The minimum atomic E-state index is -2.78. The molecule has 1 rings (SSSR count). The lowest BCUT2D eigenvalue weighted by Crippen LogP contribution is -2.01. The van der Waals surface area contributed by atoms with E-state index < -0.39 is 6.61 Å². The Bertz CT molecular complexity index is 239. The molecule has 1 aliphatic rings. The quantitative estimate of drug-likeness (QED) is 0.604. The van der Waals surface area contributed by atoms with Crippen LogP contribution in [-0.2, 0) is 4.74 Å². The summed E-state index contributed by atoms with van der Waals surface area (Å²) < 4.78 is 27.3. The molecule has 0 radical (unpaired) electrons. The zero-order valence-corrected chi connectivity index (χ0v) is 5.97. The monoisotopic (exact) mass is 159 g/mol. The van der Waals surface area contributed by atoms with Crippen LogP contribution in [0.1, 0.15) is 13.3 Å². The standard InChI is InChI=1S/C7H7F2NO/c1-5-2-6(4-10-3-5)11-7(8)9/h3,7H,2H2,1H3. The summed E-state index contributed by atoms with van der Waals surface area (Å²) >= 11 is 0. The molecular formula is C7H7F2NO. The van der Waals surface area contributed by atoms with Gasteiger partial charge in [-0.3, -0.25) is 0 Å². The van der Waals surface area contributed by atoms with Crippen LogP contribution in [0.25, 0.3) is 0 Å². The minimum absolute atomic E-state index is 0.0972. The summed E-state index contributed by atoms with van der Waals surface area (Å²) in [5.74, 6) is 2.44. The molecule has 0 aromatic heterocycles. The molecule has 0 aliphatic carbocycles. The first kappa shape index (κ1) is 7.95. The van der Waals surface area contributed by atoms with E-state index in [1.54, 1.807) is 13.1 Å². The van der Waals surface area contributed by atoms with Crippen molar-refractivity contribution in [3.05, 3.63) is 17.5 Å². The van der Waals surface area contributed by atoms with Crippen molar-refractivity contribution < 1.29 is 13.5 Å². The summed E-state index contributed by atoms with van der Waals surface area (Å²) in [6.07, 6.45) is 1.94. The van der Waals surface area contributed by atoms with Gasteiger partial charge in [0.15, 0.2) is 5.76 Å². The molecule has 11 heavy (non-hydrogen) atoms. The molecule has 4 heteroatoms. The van der Waals surface area contributed by atoms with Gasteiger partial charge in [0, 0.05) is 18.5 Å². The number of allylic oxidation sites excluding steroid dienone is 1. The highest BCUT2D eigenvalue weighted by Crippen LogP contribution is 2.14. The molecular weight excluding hydrogens is 152 g/mol. The van der Waals surface area contributed by atoms with E-state index in [1.807, 2.05) is 0 Å². The van der Waals surface area contributed by atoms with Crippen molar-refractivity contribution in [1.29, 1.82) is 0 Å². The SMILES string of the molecule is CC1=CN=C=C(OC(F)F)C1. The fraction of sp³-hybridized carbons (Fsp3) is 0.429. The minimum Gasteiger partial charge on any atom is -0.429 e. The fourth-order valence-corrected chi connectivity index (χ4v) is 0.728. The first-order chi connectivity index (χ1) is 5.18. The van der Waals surface area contributed by atoms with E-state index in [4.69, 9.17) is 0 Å². The lowest BCUT2D eigenvalue weighted by Gasteiger charge is -2.07. The molecule has 2 nitrogen and oxygen atoms in total. The summed E-state index contributed by atoms with van der Waals surface area (Å²) in [6.45, 7) is -0.988. The van der Waals surface area contributed by atoms with Gasteiger partial charge in [0.1, 0.15) is 0 Å². The van der Waals surface area contributed by atoms with Gasteiger partial charge < -0.3 is 4.74 Å². The Hall–Kier alpha value is -1.15. The topological polar surface area (TPSA) is 21.6 Å². The van der Waals surface area contributed by atoms with Gasteiger partial charge in [-0.05, 0) is 12.5 Å². The zero-order valence-electron chi connectivity index (χ0n) is 5.97. The summed E-state index contributed by atoms with van der Waals surface area (Å²) in [7, 11) is 0. The molecule has 1 heterocycles. The number of rotatable bonds is 2. The molecule has 0 aromatic carbocycles. The van der Waals surface area contributed by atoms with Gasteiger partial charge in [0.25, 0.3) is 0 Å². The van der Waals surface area contributed by atoms with Crippen molar-refractivity contribution in [2.24, 2.45) is 4.99 Å². The van der Waals surface area contributed by atoms with E-state index in [0.29, 0.717) is 6.42 Å². The Labute approximate surface area is 62.9 Å². The Kier molecular flexibility index (Phi) is 2.39. The van der Waals surface area contributed by atoms with Gasteiger partial charge in [0.2, 0.25) is 0 Å². The molecule has 0 fully saturated rings. The van der Waals surface area contributed by atoms with Gasteiger partial charge >= 0.3 is 6.61 Å². The van der Waals surface area contributed by atoms with Crippen molar-refractivity contribution in [2.75, 3.05) is 0 Å². The van der Waals surface area contributed by atoms with Crippen LogP contribution in [0.15, 0.2) is 22.5 Å². The fourth-order valence-electron chi connectivity index (χ4n) is 0.728. The molecule has 0 saturated heterocycles. The highest BCUT2D eigenvalue weighted by molar-refractivity contribution is 5.59. The van der Waals surface area contributed by atoms with E-state index in [0.717, 1.165) is 5.57 Å². The van der Waals surface area contributed by atoms with Crippen LogP contribution in [-0.4, -0.2) is 12.5 Å². The molecule has 1 aliphatic heterocycles. The first-order valence-electron chi connectivity index (χ1n) is 3.10. The first-order valence-corrected chi connectivity index (χ1v) is 3.10. The van der Waals surface area contributed by atoms with Crippen molar-refractivity contribution in [3.8, 4) is 0 Å². The highest BCUT2D eigenvalue weighted by Gasteiger charge is 2.09. The second-order valence-electron chi connectivity index (χ2n) is 2.19. The van der Waals surface area contributed by atoms with Crippen LogP contribution in [0.5, 0.6) is 0 Å². The number of nitrogens with zero attached hydrogens (tertiary/aromatic N) is 1. The van der Waals surface area contributed by atoms with Crippen LogP contribution in [0.2, 0.25) is 0 Å². The third kappa shape index (κ3) is 2.51. The molecule has 0 spiro atoms. The molecule has 0 bridgehead atoms. The van der Waals surface area contributed by atoms with Crippen LogP contribution >= 0.6 is 0 Å². The van der Waals surface area contributed by atoms with Gasteiger partial charge in [0.05, 0.1) is 0 Å². The summed E-state index contributed by atoms with van der Waals surface area (Å²) in [5, 5.41) is 0. The van der Waals surface area contributed by atoms with Crippen molar-refractivity contribution >= 4 is 5.87 Å². The second-order valence-corrected chi connectivity index (χ2v) is 2.19. The zero-order chi connectivity index (χ0) is 8.27. The maximum atomic E-state index is 11.6. The smallest absolute Gasteiger partial charge is 0.387 e. The maximum Gasteiger partial charge on any atom is 0.387 e. The maximum absolute atomic E-state index is 11.6. The molecule has 0 aromatic rings. The number of ether oxygens (including phenoxy) is 1. The average Bonchev–Trinajstić information content (AvgIpc) is 1.85. The normalized spacial score (nSPS) is 16.4. The molecule has 60 valence electrons. The third-order valence-electron chi connectivity index (χ3n) is 1.14. The van der Waals surface area contributed by atoms with Gasteiger partial charge in [-0.2, -0.15) is 8.78 Å². The Morgan fingerprint density at radius 1 is 1.73 bits per heavy atom. The van der Waals surface area contributed by atoms with Gasteiger partial charge in [-0.1, -0.05) is 0 Å². The second kappa shape index (κ2) is 3.30. The summed E-state index contributed by atoms with van der Waals surface area (Å²) in [6, 6.07) is 0. The van der Waals surface area contributed by atoms with Crippen molar-refractivity contribution in [1.82, 2.24) is 0 Å². The number of hydrogen-bond acceptors (Lipinski definition) is 2. The van der Waals surface area contributed by atoms with E-state index in [1.165, 1.54) is 0 Å². The molecule has 0 unspecified atom stereocenters. The number of aliphatic imine (C=N–C) groups is 1. The van der Waals surface area contributed by atoms with Crippen LogP contribution in [0, 0.1) is 0 Å². The predicted molar refractivity (Wildman–Crippen MR) is 36.4 cm³/mol. The van der Waals surface area contributed by atoms with E-state index in [9.17, 15) is 8.78 Å². The molecule has 0 atom stereocenters. The number of hydrogen-bond donors (Lipinski definition) is 0. The van der Waals surface area contributed by atoms with Crippen LogP contribution in [0.3, 0.4) is 0 Å². The summed E-state index contributed by atoms with van der Waals surface area (Å²) in [4.78, 5) is 3.59. The van der Waals surface area contributed by atoms with Crippen molar-refractivity contribution in [2.45, 2.75) is 20.0 Å². The van der Waals surface area contributed by atoms with Crippen LogP contribution < -0.4 is 0 Å².